The second-order valence-electron chi connectivity index (χ2n) is 9.53. The van der Waals surface area contributed by atoms with Crippen molar-refractivity contribution in [2.45, 2.75) is 51.4 Å². The molecule has 0 radical (unpaired) electrons. The molecule has 4 aromatic carbocycles. The van der Waals surface area contributed by atoms with Gasteiger partial charge in [0.25, 0.3) is 0 Å². The average molecular weight is 443 g/mol. The highest BCUT2D eigenvalue weighted by Crippen LogP contribution is 2.44. The van der Waals surface area contributed by atoms with Gasteiger partial charge >= 0.3 is 0 Å². The van der Waals surface area contributed by atoms with Crippen LogP contribution in [-0.2, 0) is 12.8 Å². The van der Waals surface area contributed by atoms with Crippen molar-refractivity contribution in [3.8, 4) is 0 Å². The molecule has 0 fully saturated rings. The van der Waals surface area contributed by atoms with Gasteiger partial charge in [-0.2, -0.15) is 0 Å². The number of allylic oxidation sites excluding steroid dienone is 2. The van der Waals surface area contributed by atoms with Gasteiger partial charge in [-0.3, -0.25) is 0 Å². The van der Waals surface area contributed by atoms with Gasteiger partial charge in [0, 0.05) is 5.92 Å². The summed E-state index contributed by atoms with van der Waals surface area (Å²) in [7, 11) is 0. The Kier molecular flexibility index (Phi) is 7.05. The second kappa shape index (κ2) is 10.7. The number of fused-ring (bicyclic) bond motifs is 2. The van der Waals surface area contributed by atoms with Crippen molar-refractivity contribution in [2.24, 2.45) is 0 Å². The van der Waals surface area contributed by atoms with Crippen LogP contribution in [0.15, 0.2) is 109 Å². The molecule has 2 aliphatic rings. The van der Waals surface area contributed by atoms with E-state index < -0.39 is 0 Å². The van der Waals surface area contributed by atoms with E-state index in [2.05, 4.69) is 116 Å². The molecule has 1 atom stereocenters. The van der Waals surface area contributed by atoms with Crippen LogP contribution in [0, 0.1) is 0 Å². The van der Waals surface area contributed by atoms with Crippen LogP contribution in [0.3, 0.4) is 0 Å². The van der Waals surface area contributed by atoms with Crippen LogP contribution in [0.25, 0.3) is 11.1 Å². The Morgan fingerprint density at radius 3 is 1.82 bits per heavy atom. The zero-order valence-electron chi connectivity index (χ0n) is 20.2. The van der Waals surface area contributed by atoms with E-state index >= 15 is 0 Å². The molecule has 0 N–H and O–H groups in total. The Balaban J connectivity index is 0.000000200. The van der Waals surface area contributed by atoms with Crippen molar-refractivity contribution >= 4 is 11.1 Å². The Hall–Kier alpha value is -3.38. The molecule has 0 aliphatic heterocycles. The van der Waals surface area contributed by atoms with Crippen LogP contribution in [0.5, 0.6) is 0 Å². The van der Waals surface area contributed by atoms with Crippen molar-refractivity contribution in [1.82, 2.24) is 0 Å². The molecule has 0 nitrogen and oxygen atoms in total. The van der Waals surface area contributed by atoms with E-state index in [0.717, 1.165) is 6.42 Å². The molecule has 170 valence electrons. The minimum Gasteiger partial charge on any atom is -0.0622 e. The lowest BCUT2D eigenvalue weighted by Gasteiger charge is -2.29. The zero-order valence-corrected chi connectivity index (χ0v) is 20.2. The van der Waals surface area contributed by atoms with E-state index in [-0.39, 0.29) is 0 Å². The largest absolute Gasteiger partial charge is 0.0622 e. The maximum atomic E-state index is 2.31. The average Bonchev–Trinajstić information content (AvgIpc) is 2.93. The summed E-state index contributed by atoms with van der Waals surface area (Å²) < 4.78 is 0. The van der Waals surface area contributed by atoms with Crippen LogP contribution in [0.4, 0.5) is 0 Å². The van der Waals surface area contributed by atoms with Crippen LogP contribution in [0.1, 0.15) is 71.9 Å². The molecule has 0 heterocycles. The molecule has 0 saturated heterocycles. The van der Waals surface area contributed by atoms with Crippen LogP contribution in [0.2, 0.25) is 0 Å². The number of aryl methyl sites for hydroxylation is 2. The maximum Gasteiger partial charge on any atom is 0.00985 e. The highest BCUT2D eigenvalue weighted by Gasteiger charge is 2.25. The molecule has 1 unspecified atom stereocenters. The van der Waals surface area contributed by atoms with Gasteiger partial charge in [-0.05, 0) is 90.0 Å². The molecule has 0 saturated carbocycles. The standard InChI is InChI=1S/C24H22.C10H12/c1-18(19-10-4-2-5-11-19)21-16-17-22(20-12-6-3-7-13-20)24-15-9-8-14-23(21)24;1-2-6-10-8-4-3-7-9(10)5-1/h2-15,22H,16-17H2,1H3;1-2,5-6H,3-4,7-8H2/b21-18+;. The first-order valence-electron chi connectivity index (χ1n) is 12.8. The fourth-order valence-electron chi connectivity index (χ4n) is 5.61. The predicted octanol–water partition coefficient (Wildman–Crippen LogP) is 9.11. The van der Waals surface area contributed by atoms with Gasteiger partial charge in [0.2, 0.25) is 0 Å². The summed E-state index contributed by atoms with van der Waals surface area (Å²) in [5.41, 5.74) is 11.7. The van der Waals surface area contributed by atoms with Crippen LogP contribution >= 0.6 is 0 Å². The summed E-state index contributed by atoms with van der Waals surface area (Å²) in [5, 5.41) is 0. The van der Waals surface area contributed by atoms with Gasteiger partial charge in [-0.15, -0.1) is 0 Å². The highest BCUT2D eigenvalue weighted by atomic mass is 14.3. The molecule has 2 aliphatic carbocycles. The molecule has 0 spiro atoms. The molecule has 0 aromatic heterocycles. The number of hydrogen-bond acceptors (Lipinski definition) is 0. The summed E-state index contributed by atoms with van der Waals surface area (Å²) in [5.74, 6) is 0.509. The predicted molar refractivity (Wildman–Crippen MR) is 146 cm³/mol. The normalized spacial score (nSPS) is 18.1. The van der Waals surface area contributed by atoms with E-state index in [9.17, 15) is 0 Å². The zero-order chi connectivity index (χ0) is 23.2. The summed E-state index contributed by atoms with van der Waals surface area (Å²) in [6.45, 7) is 2.27. The summed E-state index contributed by atoms with van der Waals surface area (Å²) in [4.78, 5) is 0. The van der Waals surface area contributed by atoms with Crippen molar-refractivity contribution in [3.05, 3.63) is 143 Å². The Bertz CT molecular complexity index is 1220. The monoisotopic (exact) mass is 442 g/mol. The van der Waals surface area contributed by atoms with Gasteiger partial charge in [0.05, 0.1) is 0 Å². The minimum absolute atomic E-state index is 0.509. The van der Waals surface area contributed by atoms with Gasteiger partial charge < -0.3 is 0 Å². The Morgan fingerprint density at radius 2 is 1.15 bits per heavy atom. The van der Waals surface area contributed by atoms with Crippen molar-refractivity contribution < 1.29 is 0 Å². The minimum atomic E-state index is 0.509. The molecule has 6 rings (SSSR count). The first kappa shape index (κ1) is 22.4. The quantitative estimate of drug-likeness (QED) is 0.290. The summed E-state index contributed by atoms with van der Waals surface area (Å²) in [6, 6.07) is 39.5. The molecular weight excluding hydrogens is 408 g/mol. The van der Waals surface area contributed by atoms with Crippen LogP contribution in [-0.4, -0.2) is 0 Å². The topological polar surface area (TPSA) is 0 Å². The third-order valence-electron chi connectivity index (χ3n) is 7.47. The van der Waals surface area contributed by atoms with Gasteiger partial charge in [-0.1, -0.05) is 109 Å². The number of rotatable bonds is 2. The third kappa shape index (κ3) is 4.92. The number of benzene rings is 4. The fourth-order valence-corrected chi connectivity index (χ4v) is 5.61. The second-order valence-corrected chi connectivity index (χ2v) is 9.53. The summed E-state index contributed by atoms with van der Waals surface area (Å²) in [6.07, 6.45) is 7.69. The Morgan fingerprint density at radius 1 is 0.588 bits per heavy atom. The van der Waals surface area contributed by atoms with Crippen LogP contribution < -0.4 is 0 Å². The molecule has 0 bridgehead atoms. The molecule has 0 amide bonds. The van der Waals surface area contributed by atoms with E-state index in [4.69, 9.17) is 0 Å². The number of hydrogen-bond donors (Lipinski definition) is 0. The SMILES string of the molecule is C/C(=C1/CCC(c2ccccc2)c2ccccc21)c1ccccc1.c1ccc2c(c1)CCCC2. The first-order chi connectivity index (χ1) is 16.8. The molecule has 34 heavy (non-hydrogen) atoms. The van der Waals surface area contributed by atoms with Crippen molar-refractivity contribution in [1.29, 1.82) is 0 Å². The molecular formula is C34H34. The maximum absolute atomic E-state index is 2.31. The van der Waals surface area contributed by atoms with E-state index in [1.807, 2.05) is 0 Å². The Labute approximate surface area is 205 Å². The van der Waals surface area contributed by atoms with Crippen molar-refractivity contribution in [3.63, 3.8) is 0 Å². The van der Waals surface area contributed by atoms with E-state index in [1.54, 1.807) is 11.1 Å². The van der Waals surface area contributed by atoms with E-state index in [0.29, 0.717) is 5.92 Å². The first-order valence-corrected chi connectivity index (χ1v) is 12.8. The lowest BCUT2D eigenvalue weighted by molar-refractivity contribution is 0.685. The lowest BCUT2D eigenvalue weighted by atomic mass is 9.75. The van der Waals surface area contributed by atoms with Gasteiger partial charge in [0.1, 0.15) is 0 Å². The summed E-state index contributed by atoms with van der Waals surface area (Å²) >= 11 is 0. The molecule has 4 aromatic rings. The van der Waals surface area contributed by atoms with Gasteiger partial charge in [0.15, 0.2) is 0 Å². The van der Waals surface area contributed by atoms with Crippen molar-refractivity contribution in [2.75, 3.05) is 0 Å². The fraction of sp³-hybridized carbons (Fsp3) is 0.235. The van der Waals surface area contributed by atoms with E-state index in [1.165, 1.54) is 65.5 Å². The lowest BCUT2D eigenvalue weighted by Crippen LogP contribution is -2.11. The third-order valence-corrected chi connectivity index (χ3v) is 7.47. The van der Waals surface area contributed by atoms with Gasteiger partial charge in [-0.25, -0.2) is 0 Å². The highest BCUT2D eigenvalue weighted by molar-refractivity contribution is 5.91. The smallest absolute Gasteiger partial charge is 0.00985 e. The molecule has 0 heteroatoms.